The number of aryl methyl sites for hydroxylation is 1. The molecule has 0 heterocycles. The summed E-state index contributed by atoms with van der Waals surface area (Å²) >= 11 is 0. The molecule has 0 aromatic heterocycles. The lowest BCUT2D eigenvalue weighted by molar-refractivity contribution is 0.0989. The van der Waals surface area contributed by atoms with Crippen molar-refractivity contribution in [1.82, 2.24) is 0 Å². The lowest BCUT2D eigenvalue weighted by atomic mass is 9.91. The number of sulfone groups is 1. The van der Waals surface area contributed by atoms with Crippen molar-refractivity contribution in [3.63, 3.8) is 0 Å². The molecule has 2 aromatic carbocycles. The third kappa shape index (κ3) is 5.04. The van der Waals surface area contributed by atoms with Crippen molar-refractivity contribution in [1.29, 1.82) is 0 Å². The topological polar surface area (TPSA) is 51.2 Å². The molecule has 0 aliphatic heterocycles. The van der Waals surface area contributed by atoms with Gasteiger partial charge < -0.3 is 0 Å². The van der Waals surface area contributed by atoms with E-state index in [1.807, 2.05) is 31.2 Å². The Hall–Kier alpha value is -2.01. The third-order valence-electron chi connectivity index (χ3n) is 5.22. The molecule has 0 atom stereocenters. The highest BCUT2D eigenvalue weighted by molar-refractivity contribution is 7.91. The summed E-state index contributed by atoms with van der Waals surface area (Å²) in [6, 6.07) is 11.0. The van der Waals surface area contributed by atoms with Gasteiger partial charge in [0.15, 0.2) is 15.6 Å². The maximum Gasteiger partial charge on any atom is 0.178 e. The van der Waals surface area contributed by atoms with Gasteiger partial charge >= 0.3 is 0 Å². The van der Waals surface area contributed by atoms with Gasteiger partial charge in [0.1, 0.15) is 5.82 Å². The zero-order valence-corrected chi connectivity index (χ0v) is 16.4. The van der Waals surface area contributed by atoms with Crippen LogP contribution in [0.3, 0.4) is 0 Å². The molecular weight excluding hydrogens is 363 g/mol. The summed E-state index contributed by atoms with van der Waals surface area (Å²) in [5, 5.41) is 0. The fourth-order valence-corrected chi connectivity index (χ4v) is 5.49. The van der Waals surface area contributed by atoms with Gasteiger partial charge in [-0.25, -0.2) is 12.8 Å². The summed E-state index contributed by atoms with van der Waals surface area (Å²) in [7, 11) is -3.53. The maximum absolute atomic E-state index is 14.2. The van der Waals surface area contributed by atoms with E-state index in [2.05, 4.69) is 0 Å². The molecule has 1 fully saturated rings. The van der Waals surface area contributed by atoms with E-state index in [9.17, 15) is 17.6 Å². The van der Waals surface area contributed by atoms with Crippen LogP contribution in [0.1, 0.15) is 53.6 Å². The van der Waals surface area contributed by atoms with E-state index in [-0.39, 0.29) is 28.6 Å². The van der Waals surface area contributed by atoms with Crippen LogP contribution in [0, 0.1) is 18.7 Å². The van der Waals surface area contributed by atoms with Gasteiger partial charge in [-0.2, -0.15) is 0 Å². The first-order valence-corrected chi connectivity index (χ1v) is 11.1. The standard InChI is InChI=1S/C22H25FO3S/c1-16-6-5-9-18(12-16)13-22(24)20-14-19(10-11-21(20)23)27(25,26)15-17-7-3-2-4-8-17/h5-6,9-12,14,17H,2-4,7-8,13,15H2,1H3. The highest BCUT2D eigenvalue weighted by Gasteiger charge is 2.25. The Morgan fingerprint density at radius 3 is 2.52 bits per heavy atom. The molecule has 1 aliphatic carbocycles. The first-order chi connectivity index (χ1) is 12.8. The molecule has 3 nitrogen and oxygen atoms in total. The Balaban J connectivity index is 1.81. The van der Waals surface area contributed by atoms with Crippen LogP contribution in [-0.4, -0.2) is 20.0 Å². The number of Topliss-reactive ketones (excluding diaryl/α,β-unsaturated/α-hetero) is 1. The minimum Gasteiger partial charge on any atom is -0.294 e. The molecule has 0 unspecified atom stereocenters. The first-order valence-electron chi connectivity index (χ1n) is 9.46. The zero-order valence-electron chi connectivity index (χ0n) is 15.6. The molecule has 2 aromatic rings. The van der Waals surface area contributed by atoms with E-state index in [0.717, 1.165) is 49.3 Å². The summed E-state index contributed by atoms with van der Waals surface area (Å²) in [5.41, 5.74) is 1.65. The van der Waals surface area contributed by atoms with Gasteiger partial charge in [0.05, 0.1) is 16.2 Å². The molecule has 0 spiro atoms. The second-order valence-corrected chi connectivity index (χ2v) is 9.55. The Bertz CT molecular complexity index is 928. The largest absolute Gasteiger partial charge is 0.294 e. The molecule has 0 N–H and O–H groups in total. The van der Waals surface area contributed by atoms with E-state index in [1.54, 1.807) is 0 Å². The lowest BCUT2D eigenvalue weighted by Crippen LogP contribution is -2.19. The van der Waals surface area contributed by atoms with Crippen molar-refractivity contribution in [3.8, 4) is 0 Å². The van der Waals surface area contributed by atoms with Crippen molar-refractivity contribution >= 4 is 15.6 Å². The molecule has 144 valence electrons. The number of benzene rings is 2. The number of carbonyl (C=O) groups is 1. The predicted octanol–water partition coefficient (Wildman–Crippen LogP) is 4.91. The quantitative estimate of drug-likeness (QED) is 0.522. The van der Waals surface area contributed by atoms with Crippen molar-refractivity contribution < 1.29 is 17.6 Å². The van der Waals surface area contributed by atoms with Gasteiger partial charge in [-0.15, -0.1) is 0 Å². The summed E-state index contributed by atoms with van der Waals surface area (Å²) < 4.78 is 39.7. The van der Waals surface area contributed by atoms with Crippen molar-refractivity contribution in [2.75, 3.05) is 5.75 Å². The molecular formula is C22H25FO3S. The Kier molecular flexibility index (Phi) is 6.10. The first kappa shape index (κ1) is 19.7. The summed E-state index contributed by atoms with van der Waals surface area (Å²) in [6.45, 7) is 1.92. The highest BCUT2D eigenvalue weighted by atomic mass is 32.2. The maximum atomic E-state index is 14.2. The van der Waals surface area contributed by atoms with Gasteiger partial charge in [0.2, 0.25) is 0 Å². The molecule has 3 rings (SSSR count). The van der Waals surface area contributed by atoms with E-state index < -0.39 is 21.4 Å². The number of hydrogen-bond donors (Lipinski definition) is 0. The number of ketones is 1. The normalized spacial score (nSPS) is 15.6. The van der Waals surface area contributed by atoms with Crippen LogP contribution < -0.4 is 0 Å². The molecule has 0 radical (unpaired) electrons. The van der Waals surface area contributed by atoms with Crippen LogP contribution in [0.2, 0.25) is 0 Å². The number of carbonyl (C=O) groups excluding carboxylic acids is 1. The van der Waals surface area contributed by atoms with Gasteiger partial charge in [-0.3, -0.25) is 4.79 Å². The Labute approximate surface area is 160 Å². The van der Waals surface area contributed by atoms with Gasteiger partial charge in [0, 0.05) is 6.42 Å². The fourth-order valence-electron chi connectivity index (χ4n) is 3.77. The van der Waals surface area contributed by atoms with Gasteiger partial charge in [-0.05, 0) is 49.4 Å². The fraction of sp³-hybridized carbons (Fsp3) is 0.409. The number of rotatable bonds is 6. The average molecular weight is 389 g/mol. The number of hydrogen-bond acceptors (Lipinski definition) is 3. The third-order valence-corrected chi connectivity index (χ3v) is 7.11. The predicted molar refractivity (Wildman–Crippen MR) is 104 cm³/mol. The molecule has 27 heavy (non-hydrogen) atoms. The molecule has 1 saturated carbocycles. The van der Waals surface area contributed by atoms with E-state index in [4.69, 9.17) is 0 Å². The van der Waals surface area contributed by atoms with Crippen molar-refractivity contribution in [3.05, 3.63) is 65.0 Å². The monoisotopic (exact) mass is 388 g/mol. The molecule has 0 amide bonds. The summed E-state index contributed by atoms with van der Waals surface area (Å²) in [5.74, 6) is -0.859. The van der Waals surface area contributed by atoms with E-state index >= 15 is 0 Å². The summed E-state index contributed by atoms with van der Waals surface area (Å²) in [6.07, 6.45) is 5.15. The highest BCUT2D eigenvalue weighted by Crippen LogP contribution is 2.28. The average Bonchev–Trinajstić information content (AvgIpc) is 2.62. The van der Waals surface area contributed by atoms with Crippen LogP contribution in [0.15, 0.2) is 47.4 Å². The van der Waals surface area contributed by atoms with Crippen LogP contribution >= 0.6 is 0 Å². The lowest BCUT2D eigenvalue weighted by Gasteiger charge is -2.21. The summed E-state index contributed by atoms with van der Waals surface area (Å²) in [4.78, 5) is 12.6. The SMILES string of the molecule is Cc1cccc(CC(=O)c2cc(S(=O)(=O)CC3CCCCC3)ccc2F)c1. The zero-order chi connectivity index (χ0) is 19.4. The van der Waals surface area contributed by atoms with Crippen LogP contribution in [0.4, 0.5) is 4.39 Å². The van der Waals surface area contributed by atoms with Crippen molar-refractivity contribution in [2.45, 2.75) is 50.3 Å². The van der Waals surface area contributed by atoms with Crippen molar-refractivity contribution in [2.24, 2.45) is 5.92 Å². The molecule has 1 aliphatic rings. The van der Waals surface area contributed by atoms with Gasteiger partial charge in [0.25, 0.3) is 0 Å². The smallest absolute Gasteiger partial charge is 0.178 e. The minimum absolute atomic E-state index is 0.0436. The Morgan fingerprint density at radius 1 is 1.07 bits per heavy atom. The van der Waals surface area contributed by atoms with E-state index in [1.165, 1.54) is 12.1 Å². The Morgan fingerprint density at radius 2 is 1.81 bits per heavy atom. The second kappa shape index (κ2) is 8.34. The minimum atomic E-state index is -3.53. The molecule has 0 saturated heterocycles. The van der Waals surface area contributed by atoms with Crippen LogP contribution in [0.25, 0.3) is 0 Å². The van der Waals surface area contributed by atoms with Crippen LogP contribution in [0.5, 0.6) is 0 Å². The molecule has 5 heteroatoms. The van der Waals surface area contributed by atoms with Gasteiger partial charge in [-0.1, -0.05) is 49.1 Å². The van der Waals surface area contributed by atoms with E-state index in [0.29, 0.717) is 0 Å². The molecule has 0 bridgehead atoms. The number of halogens is 1. The van der Waals surface area contributed by atoms with Crippen LogP contribution in [-0.2, 0) is 16.3 Å². The second-order valence-electron chi connectivity index (χ2n) is 7.52.